The Bertz CT molecular complexity index is 711. The summed E-state index contributed by atoms with van der Waals surface area (Å²) in [6, 6.07) is 8.67. The van der Waals surface area contributed by atoms with Gasteiger partial charge in [-0.2, -0.15) is 0 Å². The van der Waals surface area contributed by atoms with Crippen molar-refractivity contribution in [1.82, 2.24) is 14.8 Å². The topological polar surface area (TPSA) is 68.8 Å². The SMILES string of the molecule is Cl.Cl.Cn1c2c(c3ccccc31)C(=O)N(C1CCNCC1)CC2.O. The van der Waals surface area contributed by atoms with Crippen LogP contribution in [-0.4, -0.2) is 46.5 Å². The molecule has 0 spiro atoms. The predicted octanol–water partition coefficient (Wildman–Crippen LogP) is 1.95. The van der Waals surface area contributed by atoms with Crippen LogP contribution in [0.4, 0.5) is 0 Å². The number of nitrogens with zero attached hydrogens (tertiary/aromatic N) is 2. The molecule has 1 fully saturated rings. The Balaban J connectivity index is 0.000000960. The van der Waals surface area contributed by atoms with E-state index in [0.29, 0.717) is 6.04 Å². The summed E-state index contributed by atoms with van der Waals surface area (Å²) < 4.78 is 2.20. The highest BCUT2D eigenvalue weighted by Crippen LogP contribution is 2.31. The minimum absolute atomic E-state index is 0. The monoisotopic (exact) mass is 373 g/mol. The van der Waals surface area contributed by atoms with Gasteiger partial charge in [-0.3, -0.25) is 4.79 Å². The molecule has 2 aromatic rings. The van der Waals surface area contributed by atoms with Gasteiger partial charge in [-0.15, -0.1) is 24.8 Å². The van der Waals surface area contributed by atoms with E-state index in [4.69, 9.17) is 0 Å². The molecule has 3 heterocycles. The van der Waals surface area contributed by atoms with Gasteiger partial charge < -0.3 is 20.3 Å². The fourth-order valence-electron chi connectivity index (χ4n) is 3.92. The Labute approximate surface area is 154 Å². The third-order valence-electron chi connectivity index (χ3n) is 5.04. The van der Waals surface area contributed by atoms with Gasteiger partial charge in [0.2, 0.25) is 0 Å². The van der Waals surface area contributed by atoms with Crippen LogP contribution in [0.3, 0.4) is 0 Å². The third-order valence-corrected chi connectivity index (χ3v) is 5.04. The first kappa shape index (κ1) is 20.8. The van der Waals surface area contributed by atoms with Gasteiger partial charge in [0.15, 0.2) is 0 Å². The van der Waals surface area contributed by atoms with Crippen LogP contribution >= 0.6 is 24.8 Å². The molecular formula is C17H25Cl2N3O2. The van der Waals surface area contributed by atoms with E-state index >= 15 is 0 Å². The Morgan fingerprint density at radius 2 is 1.79 bits per heavy atom. The van der Waals surface area contributed by atoms with E-state index in [2.05, 4.69) is 34.0 Å². The lowest BCUT2D eigenvalue weighted by Gasteiger charge is -2.37. The molecule has 0 saturated carbocycles. The molecule has 1 aromatic heterocycles. The molecule has 5 nitrogen and oxygen atoms in total. The number of fused-ring (bicyclic) bond motifs is 3. The zero-order chi connectivity index (χ0) is 14.4. The average Bonchev–Trinajstić information content (AvgIpc) is 2.83. The molecule has 0 bridgehead atoms. The zero-order valence-corrected chi connectivity index (χ0v) is 15.4. The van der Waals surface area contributed by atoms with Crippen molar-refractivity contribution in [2.75, 3.05) is 19.6 Å². The molecule has 4 rings (SSSR count). The van der Waals surface area contributed by atoms with Gasteiger partial charge in [0, 0.05) is 42.7 Å². The summed E-state index contributed by atoms with van der Waals surface area (Å²) in [5.74, 6) is 0.236. The van der Waals surface area contributed by atoms with Gasteiger partial charge in [-0.1, -0.05) is 18.2 Å². The Kier molecular flexibility index (Phi) is 7.10. The van der Waals surface area contributed by atoms with E-state index in [1.165, 1.54) is 11.2 Å². The minimum Gasteiger partial charge on any atom is -0.412 e. The molecule has 1 amide bonds. The van der Waals surface area contributed by atoms with Crippen molar-refractivity contribution in [3.63, 3.8) is 0 Å². The number of carbonyl (C=O) groups is 1. The van der Waals surface area contributed by atoms with Crippen LogP contribution in [0.15, 0.2) is 24.3 Å². The summed E-state index contributed by atoms with van der Waals surface area (Å²) in [5.41, 5.74) is 3.31. The number of rotatable bonds is 1. The quantitative estimate of drug-likeness (QED) is 0.829. The van der Waals surface area contributed by atoms with Crippen LogP contribution in [0, 0.1) is 0 Å². The van der Waals surface area contributed by atoms with Gasteiger partial charge in [0.1, 0.15) is 0 Å². The first-order valence-electron chi connectivity index (χ1n) is 7.85. The number of benzene rings is 1. The fraction of sp³-hybridized carbons (Fsp3) is 0.471. The molecule has 0 unspecified atom stereocenters. The first-order chi connectivity index (χ1) is 10.3. The van der Waals surface area contributed by atoms with E-state index in [9.17, 15) is 4.79 Å². The number of nitrogens with one attached hydrogen (secondary N) is 1. The molecule has 7 heteroatoms. The van der Waals surface area contributed by atoms with Crippen molar-refractivity contribution in [2.45, 2.75) is 25.3 Å². The number of piperidine rings is 1. The van der Waals surface area contributed by atoms with E-state index in [0.717, 1.165) is 49.8 Å². The Morgan fingerprint density at radius 1 is 1.12 bits per heavy atom. The maximum absolute atomic E-state index is 13.0. The third kappa shape index (κ3) is 3.14. The highest BCUT2D eigenvalue weighted by atomic mass is 35.5. The second-order valence-electron chi connectivity index (χ2n) is 6.13. The minimum atomic E-state index is 0. The van der Waals surface area contributed by atoms with Crippen molar-refractivity contribution in [1.29, 1.82) is 0 Å². The predicted molar refractivity (Wildman–Crippen MR) is 102 cm³/mol. The molecule has 0 aliphatic carbocycles. The standard InChI is InChI=1S/C17H21N3O.2ClH.H2O/c1-19-14-5-3-2-4-13(14)16-15(19)8-11-20(17(16)21)12-6-9-18-10-7-12;;;/h2-5,12,18H,6-11H2,1H3;2*1H;1H2. The van der Waals surface area contributed by atoms with Crippen LogP contribution in [0.5, 0.6) is 0 Å². The van der Waals surface area contributed by atoms with Gasteiger partial charge >= 0.3 is 0 Å². The molecule has 1 aromatic carbocycles. The first-order valence-corrected chi connectivity index (χ1v) is 7.85. The lowest BCUT2D eigenvalue weighted by molar-refractivity contribution is 0.0623. The highest BCUT2D eigenvalue weighted by Gasteiger charge is 2.33. The van der Waals surface area contributed by atoms with Crippen molar-refractivity contribution < 1.29 is 10.3 Å². The number of aromatic nitrogens is 1. The Hall–Kier alpha value is -1.27. The summed E-state index contributed by atoms with van der Waals surface area (Å²) in [4.78, 5) is 15.2. The summed E-state index contributed by atoms with van der Waals surface area (Å²) in [6.45, 7) is 2.91. The van der Waals surface area contributed by atoms with E-state index in [1.807, 2.05) is 12.1 Å². The normalized spacial score (nSPS) is 17.5. The number of hydrogen-bond acceptors (Lipinski definition) is 2. The maximum atomic E-state index is 13.0. The van der Waals surface area contributed by atoms with Crippen LogP contribution < -0.4 is 5.32 Å². The van der Waals surface area contributed by atoms with Crippen LogP contribution in [0.2, 0.25) is 0 Å². The molecule has 0 radical (unpaired) electrons. The summed E-state index contributed by atoms with van der Waals surface area (Å²) >= 11 is 0. The number of hydrogen-bond donors (Lipinski definition) is 1. The molecule has 134 valence electrons. The van der Waals surface area contributed by atoms with Crippen molar-refractivity contribution >= 4 is 41.6 Å². The van der Waals surface area contributed by atoms with Crippen LogP contribution in [-0.2, 0) is 13.5 Å². The van der Waals surface area contributed by atoms with Crippen LogP contribution in [0.25, 0.3) is 10.9 Å². The average molecular weight is 374 g/mol. The number of aryl methyl sites for hydroxylation is 1. The second kappa shape index (κ2) is 8.21. The fourth-order valence-corrected chi connectivity index (χ4v) is 3.92. The van der Waals surface area contributed by atoms with Gasteiger partial charge in [0.05, 0.1) is 5.56 Å². The highest BCUT2D eigenvalue weighted by molar-refractivity contribution is 6.09. The number of halogens is 2. The van der Waals surface area contributed by atoms with E-state index < -0.39 is 0 Å². The molecule has 2 aliphatic heterocycles. The number of amides is 1. The van der Waals surface area contributed by atoms with E-state index in [-0.39, 0.29) is 36.2 Å². The Morgan fingerprint density at radius 3 is 2.50 bits per heavy atom. The summed E-state index contributed by atoms with van der Waals surface area (Å²) in [5, 5.41) is 4.49. The molecule has 24 heavy (non-hydrogen) atoms. The summed E-state index contributed by atoms with van der Waals surface area (Å²) in [6.07, 6.45) is 3.12. The maximum Gasteiger partial charge on any atom is 0.256 e. The van der Waals surface area contributed by atoms with Gasteiger partial charge in [-0.25, -0.2) is 0 Å². The number of para-hydroxylation sites is 1. The molecule has 2 aliphatic rings. The van der Waals surface area contributed by atoms with Crippen molar-refractivity contribution in [2.24, 2.45) is 7.05 Å². The molecular weight excluding hydrogens is 349 g/mol. The molecule has 3 N–H and O–H groups in total. The lowest BCUT2D eigenvalue weighted by atomic mass is 9.98. The van der Waals surface area contributed by atoms with Gasteiger partial charge in [-0.05, 0) is 32.0 Å². The van der Waals surface area contributed by atoms with Crippen LogP contribution in [0.1, 0.15) is 28.9 Å². The second-order valence-corrected chi connectivity index (χ2v) is 6.13. The number of carbonyl (C=O) groups excluding carboxylic acids is 1. The molecule has 0 atom stereocenters. The van der Waals surface area contributed by atoms with E-state index in [1.54, 1.807) is 0 Å². The smallest absolute Gasteiger partial charge is 0.256 e. The lowest BCUT2D eigenvalue weighted by Crippen LogP contribution is -2.49. The van der Waals surface area contributed by atoms with Crippen molar-refractivity contribution in [3.05, 3.63) is 35.5 Å². The molecule has 1 saturated heterocycles. The van der Waals surface area contributed by atoms with Gasteiger partial charge in [0.25, 0.3) is 5.91 Å². The summed E-state index contributed by atoms with van der Waals surface area (Å²) in [7, 11) is 2.08. The van der Waals surface area contributed by atoms with Crippen molar-refractivity contribution in [3.8, 4) is 0 Å². The zero-order valence-electron chi connectivity index (χ0n) is 13.7. The largest absolute Gasteiger partial charge is 0.412 e.